The maximum absolute atomic E-state index is 4.80. The Balaban J connectivity index is 1.88. The van der Waals surface area contributed by atoms with E-state index in [-0.39, 0.29) is 0 Å². The molecule has 0 saturated heterocycles. The summed E-state index contributed by atoms with van der Waals surface area (Å²) in [5.74, 6) is 0. The zero-order valence-corrected chi connectivity index (χ0v) is 20.2. The quantitative estimate of drug-likeness (QED) is 0.187. The minimum Gasteiger partial charge on any atom is -0.244 e. The fraction of sp³-hybridized carbons (Fsp3) is 0.591. The lowest BCUT2D eigenvalue weighted by Gasteiger charge is -2.23. The van der Waals surface area contributed by atoms with Crippen LogP contribution in [0.25, 0.3) is 10.2 Å². The summed E-state index contributed by atoms with van der Waals surface area (Å²) in [6.45, 7) is 11.7. The van der Waals surface area contributed by atoms with Crippen LogP contribution < -0.4 is 0 Å². The zero-order chi connectivity index (χ0) is 19.5. The van der Waals surface area contributed by atoms with Crippen LogP contribution in [-0.4, -0.2) is 30.5 Å². The predicted octanol–water partition coefficient (Wildman–Crippen LogP) is 7.79. The van der Waals surface area contributed by atoms with E-state index in [9.17, 15) is 0 Å². The summed E-state index contributed by atoms with van der Waals surface area (Å²) in [5, 5.41) is 0. The summed E-state index contributed by atoms with van der Waals surface area (Å²) in [5.41, 5.74) is 3.76. The van der Waals surface area contributed by atoms with Crippen molar-refractivity contribution >= 4 is 41.6 Å². The lowest BCUT2D eigenvalue weighted by molar-refractivity contribution is 0.448. The minimum atomic E-state index is -1.10. The SMILES string of the molecule is CCCCN(CCC/C=C/[Si](CC)(CC)CC)Sc1nc2ccccc2s1. The molecule has 0 radical (unpaired) electrons. The zero-order valence-electron chi connectivity index (χ0n) is 17.5. The number of aromatic nitrogens is 1. The molecule has 1 heterocycles. The van der Waals surface area contributed by atoms with Gasteiger partial charge in [0.15, 0.2) is 4.34 Å². The second-order valence-corrected chi connectivity index (χ2v) is 14.8. The van der Waals surface area contributed by atoms with Gasteiger partial charge in [-0.05, 0) is 43.3 Å². The van der Waals surface area contributed by atoms with Gasteiger partial charge in [0.2, 0.25) is 0 Å². The molecule has 2 rings (SSSR count). The van der Waals surface area contributed by atoms with Crippen molar-refractivity contribution in [3.8, 4) is 0 Å². The second kappa shape index (κ2) is 12.0. The Morgan fingerprint density at radius 1 is 1.04 bits per heavy atom. The van der Waals surface area contributed by atoms with E-state index in [1.165, 1.54) is 52.9 Å². The van der Waals surface area contributed by atoms with Gasteiger partial charge < -0.3 is 0 Å². The molecule has 150 valence electrons. The van der Waals surface area contributed by atoms with Crippen molar-refractivity contribution in [2.75, 3.05) is 13.1 Å². The molecule has 2 nitrogen and oxygen atoms in total. The van der Waals surface area contributed by atoms with Crippen molar-refractivity contribution in [2.45, 2.75) is 75.9 Å². The van der Waals surface area contributed by atoms with Gasteiger partial charge in [-0.3, -0.25) is 0 Å². The number of hydrogen-bond acceptors (Lipinski definition) is 4. The van der Waals surface area contributed by atoms with Crippen LogP contribution in [0.2, 0.25) is 18.1 Å². The molecular formula is C22H36N2S2Si. The lowest BCUT2D eigenvalue weighted by Crippen LogP contribution is -2.28. The molecule has 1 aromatic heterocycles. The van der Waals surface area contributed by atoms with Gasteiger partial charge in [0, 0.05) is 13.1 Å². The molecule has 27 heavy (non-hydrogen) atoms. The number of benzene rings is 1. The van der Waals surface area contributed by atoms with Crippen molar-refractivity contribution in [1.29, 1.82) is 0 Å². The summed E-state index contributed by atoms with van der Waals surface area (Å²) in [6, 6.07) is 12.6. The van der Waals surface area contributed by atoms with Crippen molar-refractivity contribution < 1.29 is 0 Å². The molecular weight excluding hydrogens is 384 g/mol. The number of thiazole rings is 1. The molecule has 1 aromatic carbocycles. The van der Waals surface area contributed by atoms with Crippen molar-refractivity contribution in [3.05, 3.63) is 36.0 Å². The third kappa shape index (κ3) is 7.04. The van der Waals surface area contributed by atoms with E-state index >= 15 is 0 Å². The van der Waals surface area contributed by atoms with Gasteiger partial charge >= 0.3 is 0 Å². The molecule has 0 aliphatic rings. The van der Waals surface area contributed by atoms with Gasteiger partial charge in [-0.1, -0.05) is 76.2 Å². The number of nitrogens with zero attached hydrogens (tertiary/aromatic N) is 2. The fourth-order valence-electron chi connectivity index (χ4n) is 3.36. The molecule has 0 atom stereocenters. The first kappa shape index (κ1) is 22.7. The molecule has 0 saturated carbocycles. The predicted molar refractivity (Wildman–Crippen MR) is 128 cm³/mol. The van der Waals surface area contributed by atoms with Crippen molar-refractivity contribution in [2.24, 2.45) is 0 Å². The Bertz CT molecular complexity index is 653. The van der Waals surface area contributed by atoms with E-state index in [1.807, 2.05) is 23.3 Å². The number of unbranched alkanes of at least 4 members (excludes halogenated alkanes) is 2. The Labute approximate surface area is 175 Å². The van der Waals surface area contributed by atoms with Crippen molar-refractivity contribution in [3.63, 3.8) is 0 Å². The molecule has 2 aromatic rings. The molecule has 0 N–H and O–H groups in total. The molecule has 0 aliphatic carbocycles. The van der Waals surface area contributed by atoms with Crippen LogP contribution in [0.5, 0.6) is 0 Å². The summed E-state index contributed by atoms with van der Waals surface area (Å²) in [7, 11) is -1.10. The van der Waals surface area contributed by atoms with Crippen LogP contribution >= 0.6 is 23.3 Å². The molecule has 0 bridgehead atoms. The van der Waals surface area contributed by atoms with E-state index in [0.717, 1.165) is 18.6 Å². The first-order valence-corrected chi connectivity index (χ1v) is 14.9. The van der Waals surface area contributed by atoms with Gasteiger partial charge in [0.1, 0.15) is 0 Å². The highest BCUT2D eigenvalue weighted by atomic mass is 32.2. The maximum atomic E-state index is 4.80. The summed E-state index contributed by atoms with van der Waals surface area (Å²) >= 11 is 3.67. The largest absolute Gasteiger partial charge is 0.244 e. The average molecular weight is 421 g/mol. The van der Waals surface area contributed by atoms with Crippen molar-refractivity contribution in [1.82, 2.24) is 9.29 Å². The minimum absolute atomic E-state index is 1.10. The third-order valence-corrected chi connectivity index (χ3v) is 12.9. The monoisotopic (exact) mass is 420 g/mol. The number of hydrogen-bond donors (Lipinski definition) is 0. The van der Waals surface area contributed by atoms with Crippen LogP contribution in [0.4, 0.5) is 0 Å². The lowest BCUT2D eigenvalue weighted by atomic mass is 10.3. The standard InChI is InChI=1S/C22H36N2S2Si/c1-5-9-17-24(18-13-10-14-19-27(6-2,7-3)8-4)26-22-23-20-15-11-12-16-21(20)25-22/h11-12,14-16,19H,5-10,13,17-18H2,1-4H3/b19-14+. The highest BCUT2D eigenvalue weighted by Gasteiger charge is 2.22. The van der Waals surface area contributed by atoms with Crippen LogP contribution in [0.1, 0.15) is 53.4 Å². The fourth-order valence-corrected chi connectivity index (χ4v) is 8.47. The Morgan fingerprint density at radius 3 is 2.41 bits per heavy atom. The van der Waals surface area contributed by atoms with E-state index in [0.29, 0.717) is 0 Å². The number of fused-ring (bicyclic) bond motifs is 1. The maximum Gasteiger partial charge on any atom is 0.166 e. The molecule has 5 heteroatoms. The molecule has 0 spiro atoms. The molecule has 0 fully saturated rings. The summed E-state index contributed by atoms with van der Waals surface area (Å²) in [4.78, 5) is 4.80. The average Bonchev–Trinajstić information content (AvgIpc) is 3.11. The summed E-state index contributed by atoms with van der Waals surface area (Å²) < 4.78 is 5.00. The van der Waals surface area contributed by atoms with E-state index < -0.39 is 8.07 Å². The topological polar surface area (TPSA) is 16.1 Å². The highest BCUT2D eigenvalue weighted by molar-refractivity contribution is 7.98. The molecule has 0 aliphatic heterocycles. The molecule has 0 amide bonds. The Kier molecular flexibility index (Phi) is 10.1. The number of para-hydroxylation sites is 1. The first-order valence-electron chi connectivity index (χ1n) is 10.6. The van der Waals surface area contributed by atoms with E-state index in [4.69, 9.17) is 4.98 Å². The summed E-state index contributed by atoms with van der Waals surface area (Å²) in [6.07, 6.45) is 7.43. The van der Waals surface area contributed by atoms with E-state index in [2.05, 4.69) is 68.0 Å². The smallest absolute Gasteiger partial charge is 0.166 e. The van der Waals surface area contributed by atoms with Crippen LogP contribution in [-0.2, 0) is 0 Å². The number of allylic oxidation sites excluding steroid dienone is 1. The van der Waals surface area contributed by atoms with Gasteiger partial charge in [-0.25, -0.2) is 9.29 Å². The highest BCUT2D eigenvalue weighted by Crippen LogP contribution is 2.32. The first-order chi connectivity index (χ1) is 13.2. The van der Waals surface area contributed by atoms with Gasteiger partial charge in [-0.2, -0.15) is 0 Å². The Morgan fingerprint density at radius 2 is 1.74 bits per heavy atom. The molecule has 0 unspecified atom stereocenters. The third-order valence-electron chi connectivity index (χ3n) is 5.60. The van der Waals surface area contributed by atoms with Crippen LogP contribution in [0.15, 0.2) is 40.4 Å². The Hall–Kier alpha value is -0.623. The van der Waals surface area contributed by atoms with Gasteiger partial charge in [0.05, 0.1) is 18.3 Å². The van der Waals surface area contributed by atoms with Crippen LogP contribution in [0, 0.1) is 0 Å². The van der Waals surface area contributed by atoms with E-state index in [1.54, 1.807) is 0 Å². The normalized spacial score (nSPS) is 12.6. The van der Waals surface area contributed by atoms with Gasteiger partial charge in [-0.15, -0.1) is 11.3 Å². The second-order valence-electron chi connectivity index (χ2n) is 7.29. The number of rotatable bonds is 13. The van der Waals surface area contributed by atoms with Gasteiger partial charge in [0.25, 0.3) is 0 Å². The van der Waals surface area contributed by atoms with Crippen LogP contribution in [0.3, 0.4) is 0 Å².